The summed E-state index contributed by atoms with van der Waals surface area (Å²) in [6.45, 7) is 0.254. The van der Waals surface area contributed by atoms with Crippen LogP contribution in [0.3, 0.4) is 0 Å². The first kappa shape index (κ1) is 11.4. The fourth-order valence-electron chi connectivity index (χ4n) is 0.933. The van der Waals surface area contributed by atoms with Crippen LogP contribution in [-0.2, 0) is 4.74 Å². The second kappa shape index (κ2) is 5.27. The Kier molecular flexibility index (Phi) is 4.01. The summed E-state index contributed by atoms with van der Waals surface area (Å²) >= 11 is 0. The number of aliphatic hydroxyl groups excluding tert-OH is 1. The van der Waals surface area contributed by atoms with Crippen molar-refractivity contribution < 1.29 is 9.84 Å². The lowest BCUT2D eigenvalue weighted by atomic mass is 10.4. The third-order valence-electron chi connectivity index (χ3n) is 1.58. The molecule has 4 N–H and O–H groups in total. The molecule has 8 heteroatoms. The van der Waals surface area contributed by atoms with E-state index < -0.39 is 17.4 Å². The van der Waals surface area contributed by atoms with Crippen molar-refractivity contribution in [2.75, 3.05) is 25.6 Å². The summed E-state index contributed by atoms with van der Waals surface area (Å²) in [7, 11) is 1.45. The Morgan fingerprint density at radius 1 is 1.60 bits per heavy atom. The number of rotatable bonds is 5. The van der Waals surface area contributed by atoms with E-state index in [1.807, 2.05) is 4.98 Å². The zero-order chi connectivity index (χ0) is 11.3. The van der Waals surface area contributed by atoms with Crippen molar-refractivity contribution in [2.24, 2.45) is 0 Å². The molecule has 0 spiro atoms. The van der Waals surface area contributed by atoms with Crippen LogP contribution in [0.15, 0.2) is 9.59 Å². The Labute approximate surface area is 84.3 Å². The second-order valence-electron chi connectivity index (χ2n) is 2.85. The zero-order valence-electron chi connectivity index (χ0n) is 8.11. The standard InChI is InChI=1S/C7H12N4O4/c1-15-3-4(12)2-8-5-6(13)9-7(14)11-10-5/h4,12H,2-3H2,1H3,(H,8,10)(H2,9,11,13,14). The van der Waals surface area contributed by atoms with Crippen LogP contribution in [0.25, 0.3) is 0 Å². The van der Waals surface area contributed by atoms with Gasteiger partial charge in [0.25, 0.3) is 5.56 Å². The third-order valence-corrected chi connectivity index (χ3v) is 1.58. The topological polar surface area (TPSA) is 120 Å². The van der Waals surface area contributed by atoms with Crippen LogP contribution >= 0.6 is 0 Å². The molecule has 1 unspecified atom stereocenters. The molecule has 1 rings (SSSR count). The van der Waals surface area contributed by atoms with E-state index in [0.717, 1.165) is 0 Å². The molecule has 1 atom stereocenters. The van der Waals surface area contributed by atoms with E-state index in [4.69, 9.17) is 0 Å². The molecule has 0 fully saturated rings. The summed E-state index contributed by atoms with van der Waals surface area (Å²) in [6.07, 6.45) is -0.747. The van der Waals surface area contributed by atoms with Crippen molar-refractivity contribution in [1.82, 2.24) is 15.2 Å². The maximum atomic E-state index is 11.1. The molecule has 8 nitrogen and oxygen atoms in total. The summed E-state index contributed by atoms with van der Waals surface area (Å²) in [5.41, 5.74) is -1.31. The number of nitrogens with one attached hydrogen (secondary N) is 3. The first-order chi connectivity index (χ1) is 7.13. The van der Waals surface area contributed by atoms with Crippen molar-refractivity contribution in [2.45, 2.75) is 6.10 Å². The van der Waals surface area contributed by atoms with Gasteiger partial charge in [-0.1, -0.05) is 0 Å². The van der Waals surface area contributed by atoms with Gasteiger partial charge < -0.3 is 15.2 Å². The number of methoxy groups -OCH3 is 1. The average molecular weight is 216 g/mol. The van der Waals surface area contributed by atoms with E-state index in [2.05, 4.69) is 20.3 Å². The number of aliphatic hydroxyl groups is 1. The van der Waals surface area contributed by atoms with Crippen molar-refractivity contribution in [3.05, 3.63) is 20.8 Å². The summed E-state index contributed by atoms with van der Waals surface area (Å²) in [6, 6.07) is 0. The predicted molar refractivity (Wildman–Crippen MR) is 51.9 cm³/mol. The third kappa shape index (κ3) is 3.52. The van der Waals surface area contributed by atoms with Crippen molar-refractivity contribution in [3.63, 3.8) is 0 Å². The van der Waals surface area contributed by atoms with Crippen molar-refractivity contribution in [3.8, 4) is 0 Å². The average Bonchev–Trinajstić information content (AvgIpc) is 2.17. The highest BCUT2D eigenvalue weighted by Gasteiger charge is 2.06. The summed E-state index contributed by atoms with van der Waals surface area (Å²) < 4.78 is 4.69. The molecule has 15 heavy (non-hydrogen) atoms. The van der Waals surface area contributed by atoms with E-state index in [0.29, 0.717) is 0 Å². The van der Waals surface area contributed by atoms with Crippen LogP contribution in [0, 0.1) is 0 Å². The molecule has 0 saturated heterocycles. The fourth-order valence-corrected chi connectivity index (χ4v) is 0.933. The van der Waals surface area contributed by atoms with Crippen molar-refractivity contribution >= 4 is 5.82 Å². The fraction of sp³-hybridized carbons (Fsp3) is 0.571. The van der Waals surface area contributed by atoms with Crippen LogP contribution in [0.5, 0.6) is 0 Å². The Bertz CT molecular complexity index is 412. The molecule has 1 heterocycles. The first-order valence-electron chi connectivity index (χ1n) is 4.23. The highest BCUT2D eigenvalue weighted by atomic mass is 16.5. The number of aromatic amines is 2. The van der Waals surface area contributed by atoms with E-state index in [9.17, 15) is 14.7 Å². The molecule has 0 radical (unpaired) electrons. The van der Waals surface area contributed by atoms with Gasteiger partial charge in [-0.25, -0.2) is 9.89 Å². The van der Waals surface area contributed by atoms with Gasteiger partial charge in [0.1, 0.15) is 0 Å². The Hall–Kier alpha value is -1.67. The molecular weight excluding hydrogens is 204 g/mol. The Balaban J connectivity index is 2.58. The maximum Gasteiger partial charge on any atom is 0.342 e. The lowest BCUT2D eigenvalue weighted by Crippen LogP contribution is -2.31. The predicted octanol–water partition coefficient (Wildman–Crippen LogP) is -2.12. The molecule has 0 amide bonds. The monoisotopic (exact) mass is 216 g/mol. The number of ether oxygens (including phenoxy) is 1. The minimum absolute atomic E-state index is 0.0512. The molecule has 0 saturated carbocycles. The van der Waals surface area contributed by atoms with Crippen LogP contribution in [0.1, 0.15) is 0 Å². The van der Waals surface area contributed by atoms with Crippen LogP contribution in [0.2, 0.25) is 0 Å². The van der Waals surface area contributed by atoms with Gasteiger partial charge in [-0.3, -0.25) is 9.78 Å². The number of hydrogen-bond donors (Lipinski definition) is 4. The molecule has 0 bridgehead atoms. The molecule has 1 aromatic heterocycles. The zero-order valence-corrected chi connectivity index (χ0v) is 8.11. The first-order valence-corrected chi connectivity index (χ1v) is 4.23. The molecule has 1 aromatic rings. The number of aromatic nitrogens is 3. The molecule has 0 aliphatic heterocycles. The smallest absolute Gasteiger partial charge is 0.342 e. The molecule has 0 aliphatic carbocycles. The molecular formula is C7H12N4O4. The van der Waals surface area contributed by atoms with Gasteiger partial charge in [0.15, 0.2) is 0 Å². The van der Waals surface area contributed by atoms with Gasteiger partial charge in [0.2, 0.25) is 5.82 Å². The quantitative estimate of drug-likeness (QED) is 0.446. The summed E-state index contributed by atoms with van der Waals surface area (Å²) in [5.74, 6) is -0.0512. The van der Waals surface area contributed by atoms with Gasteiger partial charge in [0, 0.05) is 13.7 Å². The minimum atomic E-state index is -0.747. The van der Waals surface area contributed by atoms with E-state index in [1.54, 1.807) is 0 Å². The van der Waals surface area contributed by atoms with E-state index >= 15 is 0 Å². The van der Waals surface area contributed by atoms with Crippen LogP contribution in [-0.4, -0.2) is 46.7 Å². The van der Waals surface area contributed by atoms with Gasteiger partial charge in [-0.2, -0.15) is 0 Å². The number of anilines is 1. The van der Waals surface area contributed by atoms with E-state index in [-0.39, 0.29) is 19.0 Å². The Morgan fingerprint density at radius 2 is 2.33 bits per heavy atom. The second-order valence-corrected chi connectivity index (χ2v) is 2.85. The minimum Gasteiger partial charge on any atom is -0.389 e. The van der Waals surface area contributed by atoms with E-state index in [1.165, 1.54) is 7.11 Å². The normalized spacial score (nSPS) is 12.4. The van der Waals surface area contributed by atoms with Crippen molar-refractivity contribution in [1.29, 1.82) is 0 Å². The number of hydrogen-bond acceptors (Lipinski definition) is 6. The maximum absolute atomic E-state index is 11.1. The number of nitrogens with zero attached hydrogens (tertiary/aromatic N) is 1. The molecule has 0 aromatic carbocycles. The lowest BCUT2D eigenvalue weighted by Gasteiger charge is -2.09. The highest BCUT2D eigenvalue weighted by molar-refractivity contribution is 5.28. The van der Waals surface area contributed by atoms with Crippen LogP contribution < -0.4 is 16.6 Å². The van der Waals surface area contributed by atoms with Gasteiger partial charge in [-0.05, 0) is 0 Å². The number of H-pyrrole nitrogens is 2. The SMILES string of the molecule is COCC(O)CNc1n[nH]c(=O)[nH]c1=O. The van der Waals surface area contributed by atoms with Gasteiger partial charge in [-0.15, -0.1) is 5.10 Å². The lowest BCUT2D eigenvalue weighted by molar-refractivity contribution is 0.0727. The Morgan fingerprint density at radius 3 is 2.93 bits per heavy atom. The summed E-state index contributed by atoms with van der Waals surface area (Å²) in [5, 5.41) is 17.4. The van der Waals surface area contributed by atoms with Gasteiger partial charge in [0.05, 0.1) is 12.7 Å². The van der Waals surface area contributed by atoms with Gasteiger partial charge >= 0.3 is 5.69 Å². The molecule has 84 valence electrons. The highest BCUT2D eigenvalue weighted by Crippen LogP contribution is 1.89. The van der Waals surface area contributed by atoms with Crippen LogP contribution in [0.4, 0.5) is 5.82 Å². The molecule has 0 aliphatic rings. The largest absolute Gasteiger partial charge is 0.389 e. The summed E-state index contributed by atoms with van der Waals surface area (Å²) in [4.78, 5) is 23.7.